The van der Waals surface area contributed by atoms with E-state index < -0.39 is 17.4 Å². The van der Waals surface area contributed by atoms with Gasteiger partial charge in [-0.1, -0.05) is 13.0 Å². The number of hydrogen-bond acceptors (Lipinski definition) is 4. The molecule has 1 aromatic carbocycles. The SMILES string of the molecule is C=CCc1cc(C(=O)NC(C)(CC)C(=O)O)cc(OC)c1OC. The number of carboxylic acids is 1. The predicted octanol–water partition coefficient (Wildman–Crippen LogP) is 2.42. The van der Waals surface area contributed by atoms with Crippen LogP contribution in [0.4, 0.5) is 0 Å². The first-order chi connectivity index (χ1) is 10.8. The summed E-state index contributed by atoms with van der Waals surface area (Å²) in [5.74, 6) is -0.630. The van der Waals surface area contributed by atoms with E-state index in [0.29, 0.717) is 23.5 Å². The molecule has 6 heteroatoms. The average molecular weight is 321 g/mol. The van der Waals surface area contributed by atoms with Crippen molar-refractivity contribution in [3.8, 4) is 11.5 Å². The zero-order valence-electron chi connectivity index (χ0n) is 13.9. The third-order valence-electron chi connectivity index (χ3n) is 3.75. The molecule has 0 heterocycles. The minimum Gasteiger partial charge on any atom is -0.493 e. The van der Waals surface area contributed by atoms with E-state index in [1.54, 1.807) is 19.1 Å². The fraction of sp³-hybridized carbons (Fsp3) is 0.412. The monoisotopic (exact) mass is 321 g/mol. The van der Waals surface area contributed by atoms with Crippen LogP contribution in [0.1, 0.15) is 36.2 Å². The van der Waals surface area contributed by atoms with Gasteiger partial charge >= 0.3 is 5.97 Å². The number of allylic oxidation sites excluding steroid dienone is 1. The van der Waals surface area contributed by atoms with Crippen molar-refractivity contribution in [2.24, 2.45) is 0 Å². The number of amides is 1. The first-order valence-electron chi connectivity index (χ1n) is 7.24. The molecule has 0 radical (unpaired) electrons. The van der Waals surface area contributed by atoms with Crippen LogP contribution in [0.5, 0.6) is 11.5 Å². The molecule has 0 saturated heterocycles. The molecule has 0 saturated carbocycles. The Balaban J connectivity index is 3.26. The Morgan fingerprint density at radius 1 is 1.35 bits per heavy atom. The molecule has 2 N–H and O–H groups in total. The highest BCUT2D eigenvalue weighted by Crippen LogP contribution is 2.33. The number of benzene rings is 1. The zero-order valence-corrected chi connectivity index (χ0v) is 13.9. The molecular weight excluding hydrogens is 298 g/mol. The van der Waals surface area contributed by atoms with Gasteiger partial charge in [-0.05, 0) is 31.9 Å². The zero-order chi connectivity index (χ0) is 17.6. The topological polar surface area (TPSA) is 84.9 Å². The first kappa shape index (κ1) is 18.5. The number of carboxylic acid groups (broad SMARTS) is 1. The molecule has 126 valence electrons. The third kappa shape index (κ3) is 4.03. The van der Waals surface area contributed by atoms with Gasteiger partial charge in [0.05, 0.1) is 14.2 Å². The van der Waals surface area contributed by atoms with Crippen molar-refractivity contribution < 1.29 is 24.2 Å². The highest BCUT2D eigenvalue weighted by molar-refractivity contribution is 5.98. The summed E-state index contributed by atoms with van der Waals surface area (Å²) in [7, 11) is 2.99. The second kappa shape index (κ2) is 7.67. The lowest BCUT2D eigenvalue weighted by Crippen LogP contribution is -2.51. The Morgan fingerprint density at radius 3 is 2.43 bits per heavy atom. The normalized spacial score (nSPS) is 12.9. The summed E-state index contributed by atoms with van der Waals surface area (Å²) >= 11 is 0. The lowest BCUT2D eigenvalue weighted by atomic mass is 9.98. The maximum atomic E-state index is 12.5. The summed E-state index contributed by atoms with van der Waals surface area (Å²) in [4.78, 5) is 23.8. The highest BCUT2D eigenvalue weighted by atomic mass is 16.5. The minimum atomic E-state index is -1.33. The van der Waals surface area contributed by atoms with Crippen molar-refractivity contribution in [3.63, 3.8) is 0 Å². The molecule has 0 spiro atoms. The number of carbonyl (C=O) groups is 2. The van der Waals surface area contributed by atoms with E-state index in [-0.39, 0.29) is 6.42 Å². The van der Waals surface area contributed by atoms with Crippen LogP contribution in [0.3, 0.4) is 0 Å². The van der Waals surface area contributed by atoms with Crippen LogP contribution in [0.15, 0.2) is 24.8 Å². The minimum absolute atomic E-state index is 0.265. The van der Waals surface area contributed by atoms with E-state index in [1.165, 1.54) is 27.2 Å². The molecule has 0 aromatic heterocycles. The molecule has 1 unspecified atom stereocenters. The summed E-state index contributed by atoms with van der Waals surface area (Å²) in [5.41, 5.74) is -0.288. The second-order valence-electron chi connectivity index (χ2n) is 5.31. The molecule has 0 bridgehead atoms. The van der Waals surface area contributed by atoms with Gasteiger partial charge in [-0.2, -0.15) is 0 Å². The Hall–Kier alpha value is -2.50. The summed E-state index contributed by atoms with van der Waals surface area (Å²) in [6, 6.07) is 3.18. The van der Waals surface area contributed by atoms with Crippen molar-refractivity contribution >= 4 is 11.9 Å². The third-order valence-corrected chi connectivity index (χ3v) is 3.75. The number of ether oxygens (including phenoxy) is 2. The van der Waals surface area contributed by atoms with E-state index in [9.17, 15) is 14.7 Å². The van der Waals surface area contributed by atoms with Crippen LogP contribution < -0.4 is 14.8 Å². The van der Waals surface area contributed by atoms with Gasteiger partial charge in [0.25, 0.3) is 5.91 Å². The van der Waals surface area contributed by atoms with Gasteiger partial charge in [-0.15, -0.1) is 6.58 Å². The van der Waals surface area contributed by atoms with Crippen LogP contribution in [0, 0.1) is 0 Å². The second-order valence-corrected chi connectivity index (χ2v) is 5.31. The molecule has 0 aliphatic rings. The molecule has 0 fully saturated rings. The standard InChI is InChI=1S/C17H23NO5/c1-6-8-11-9-12(10-13(22-4)14(11)23-5)15(19)18-17(3,7-2)16(20)21/h6,9-10H,1,7-8H2,2-5H3,(H,18,19)(H,20,21). The number of hydrogen-bond donors (Lipinski definition) is 2. The van der Waals surface area contributed by atoms with Gasteiger partial charge < -0.3 is 19.9 Å². The fourth-order valence-electron chi connectivity index (χ4n) is 2.10. The summed E-state index contributed by atoms with van der Waals surface area (Å²) in [6.07, 6.45) is 2.44. The Morgan fingerprint density at radius 2 is 2.00 bits per heavy atom. The fourth-order valence-corrected chi connectivity index (χ4v) is 2.10. The van der Waals surface area contributed by atoms with Crippen molar-refractivity contribution in [1.82, 2.24) is 5.32 Å². The van der Waals surface area contributed by atoms with Crippen molar-refractivity contribution in [2.75, 3.05) is 14.2 Å². The number of carbonyl (C=O) groups excluding carboxylic acids is 1. The Kier molecular flexibility index (Phi) is 6.18. The van der Waals surface area contributed by atoms with Crippen LogP contribution >= 0.6 is 0 Å². The van der Waals surface area contributed by atoms with E-state index in [1.807, 2.05) is 0 Å². The van der Waals surface area contributed by atoms with Gasteiger partial charge in [0.15, 0.2) is 11.5 Å². The molecule has 23 heavy (non-hydrogen) atoms. The number of aliphatic carboxylic acids is 1. The van der Waals surface area contributed by atoms with E-state index >= 15 is 0 Å². The van der Waals surface area contributed by atoms with Gasteiger partial charge in [0.1, 0.15) is 5.54 Å². The molecule has 0 aliphatic heterocycles. The van der Waals surface area contributed by atoms with Crippen LogP contribution in [0.2, 0.25) is 0 Å². The van der Waals surface area contributed by atoms with Crippen LogP contribution in [0.25, 0.3) is 0 Å². The number of methoxy groups -OCH3 is 2. The smallest absolute Gasteiger partial charge is 0.329 e. The lowest BCUT2D eigenvalue weighted by molar-refractivity contribution is -0.143. The van der Waals surface area contributed by atoms with E-state index in [2.05, 4.69) is 11.9 Å². The van der Waals surface area contributed by atoms with Gasteiger partial charge in [-0.25, -0.2) is 4.79 Å². The molecule has 1 atom stereocenters. The van der Waals surface area contributed by atoms with E-state index in [0.717, 1.165) is 5.56 Å². The summed E-state index contributed by atoms with van der Waals surface area (Å²) in [5, 5.41) is 11.8. The van der Waals surface area contributed by atoms with Crippen molar-refractivity contribution in [2.45, 2.75) is 32.2 Å². The van der Waals surface area contributed by atoms with Gasteiger partial charge in [-0.3, -0.25) is 4.79 Å². The van der Waals surface area contributed by atoms with Gasteiger partial charge in [0.2, 0.25) is 0 Å². The molecule has 0 aliphatic carbocycles. The summed E-state index contributed by atoms with van der Waals surface area (Å²) < 4.78 is 10.6. The van der Waals surface area contributed by atoms with Crippen LogP contribution in [-0.2, 0) is 11.2 Å². The quantitative estimate of drug-likeness (QED) is 0.718. The average Bonchev–Trinajstić information content (AvgIpc) is 2.53. The molecule has 1 rings (SSSR count). The number of nitrogens with one attached hydrogen (secondary N) is 1. The largest absolute Gasteiger partial charge is 0.493 e. The maximum Gasteiger partial charge on any atom is 0.329 e. The van der Waals surface area contributed by atoms with Crippen molar-refractivity contribution in [3.05, 3.63) is 35.9 Å². The molecule has 6 nitrogen and oxygen atoms in total. The van der Waals surface area contributed by atoms with Gasteiger partial charge in [0, 0.05) is 11.1 Å². The first-order valence-corrected chi connectivity index (χ1v) is 7.24. The molecule has 1 amide bonds. The highest BCUT2D eigenvalue weighted by Gasteiger charge is 2.33. The van der Waals surface area contributed by atoms with Crippen LogP contribution in [-0.4, -0.2) is 36.7 Å². The Labute approximate surface area is 136 Å². The molecule has 1 aromatic rings. The predicted molar refractivity (Wildman–Crippen MR) is 87.2 cm³/mol. The summed E-state index contributed by atoms with van der Waals surface area (Å²) in [6.45, 7) is 6.85. The maximum absolute atomic E-state index is 12.5. The Bertz CT molecular complexity index is 611. The number of rotatable bonds is 8. The van der Waals surface area contributed by atoms with E-state index in [4.69, 9.17) is 9.47 Å². The lowest BCUT2D eigenvalue weighted by Gasteiger charge is -2.25. The molecular formula is C17H23NO5. The van der Waals surface area contributed by atoms with Crippen molar-refractivity contribution in [1.29, 1.82) is 0 Å².